The normalized spacial score (nSPS) is 16.6. The van der Waals surface area contributed by atoms with Crippen LogP contribution in [0.2, 0.25) is 0 Å². The maximum absolute atomic E-state index is 5.15. The SMILES string of the molecule is COCc1nc(C2CCN(c3cnccn3)CC2)no1. The lowest BCUT2D eigenvalue weighted by Crippen LogP contribution is -2.33. The van der Waals surface area contributed by atoms with Crippen LogP contribution in [0.1, 0.15) is 30.5 Å². The van der Waals surface area contributed by atoms with Crippen LogP contribution >= 0.6 is 0 Å². The first-order valence-corrected chi connectivity index (χ1v) is 6.69. The topological polar surface area (TPSA) is 77.2 Å². The van der Waals surface area contributed by atoms with E-state index in [9.17, 15) is 0 Å². The lowest BCUT2D eigenvalue weighted by molar-refractivity contribution is 0.151. The summed E-state index contributed by atoms with van der Waals surface area (Å²) < 4.78 is 10.1. The second kappa shape index (κ2) is 5.96. The predicted octanol–water partition coefficient (Wildman–Crippen LogP) is 1.39. The largest absolute Gasteiger partial charge is 0.375 e. The van der Waals surface area contributed by atoms with Crippen molar-refractivity contribution in [2.24, 2.45) is 0 Å². The maximum atomic E-state index is 5.15. The van der Waals surface area contributed by atoms with Gasteiger partial charge in [0.1, 0.15) is 12.4 Å². The third kappa shape index (κ3) is 2.77. The average Bonchev–Trinajstić information content (AvgIpc) is 2.97. The second-order valence-electron chi connectivity index (χ2n) is 4.80. The Morgan fingerprint density at radius 3 is 2.90 bits per heavy atom. The Kier molecular flexibility index (Phi) is 3.87. The van der Waals surface area contributed by atoms with Gasteiger partial charge in [0.15, 0.2) is 5.82 Å². The van der Waals surface area contributed by atoms with Crippen molar-refractivity contribution >= 4 is 5.82 Å². The van der Waals surface area contributed by atoms with E-state index in [1.165, 1.54) is 0 Å². The van der Waals surface area contributed by atoms with Crippen LogP contribution < -0.4 is 4.90 Å². The minimum atomic E-state index is 0.345. The van der Waals surface area contributed by atoms with Crippen molar-refractivity contribution in [2.45, 2.75) is 25.4 Å². The van der Waals surface area contributed by atoms with Crippen LogP contribution in [-0.4, -0.2) is 40.3 Å². The predicted molar refractivity (Wildman–Crippen MR) is 71.2 cm³/mol. The standard InChI is InChI=1S/C13H17N5O2/c1-19-9-12-16-13(17-20-12)10-2-6-18(7-3-10)11-8-14-4-5-15-11/h4-5,8,10H,2-3,6-7,9H2,1H3. The third-order valence-corrected chi connectivity index (χ3v) is 3.49. The highest BCUT2D eigenvalue weighted by Crippen LogP contribution is 2.27. The summed E-state index contributed by atoms with van der Waals surface area (Å²) in [6, 6.07) is 0. The molecule has 106 valence electrons. The fourth-order valence-corrected chi connectivity index (χ4v) is 2.44. The molecule has 1 aliphatic rings. The molecular formula is C13H17N5O2. The van der Waals surface area contributed by atoms with Crippen LogP contribution in [0.3, 0.4) is 0 Å². The number of methoxy groups -OCH3 is 1. The summed E-state index contributed by atoms with van der Waals surface area (Å²) in [7, 11) is 1.61. The number of rotatable bonds is 4. The molecule has 0 atom stereocenters. The quantitative estimate of drug-likeness (QED) is 0.834. The zero-order valence-corrected chi connectivity index (χ0v) is 11.4. The lowest BCUT2D eigenvalue weighted by Gasteiger charge is -2.31. The van der Waals surface area contributed by atoms with Gasteiger partial charge in [-0.3, -0.25) is 4.98 Å². The summed E-state index contributed by atoms with van der Waals surface area (Å²) in [6.07, 6.45) is 7.18. The van der Waals surface area contributed by atoms with Gasteiger partial charge in [-0.2, -0.15) is 4.98 Å². The number of piperidine rings is 1. The van der Waals surface area contributed by atoms with E-state index in [1.54, 1.807) is 25.7 Å². The number of hydrogen-bond donors (Lipinski definition) is 0. The van der Waals surface area contributed by atoms with Gasteiger partial charge in [-0.1, -0.05) is 5.16 Å². The van der Waals surface area contributed by atoms with E-state index in [0.29, 0.717) is 18.4 Å². The van der Waals surface area contributed by atoms with Crippen LogP contribution in [-0.2, 0) is 11.3 Å². The highest BCUT2D eigenvalue weighted by Gasteiger charge is 2.25. The first kappa shape index (κ1) is 13.0. The highest BCUT2D eigenvalue weighted by atomic mass is 16.5. The van der Waals surface area contributed by atoms with Crippen molar-refractivity contribution < 1.29 is 9.26 Å². The Morgan fingerprint density at radius 1 is 1.35 bits per heavy atom. The van der Waals surface area contributed by atoms with E-state index in [2.05, 4.69) is 25.0 Å². The molecule has 0 amide bonds. The van der Waals surface area contributed by atoms with Gasteiger partial charge in [0.2, 0.25) is 0 Å². The molecule has 0 N–H and O–H groups in total. The van der Waals surface area contributed by atoms with Gasteiger partial charge >= 0.3 is 0 Å². The summed E-state index contributed by atoms with van der Waals surface area (Å²) >= 11 is 0. The molecule has 0 saturated carbocycles. The summed E-state index contributed by atoms with van der Waals surface area (Å²) in [5.41, 5.74) is 0. The van der Waals surface area contributed by atoms with E-state index >= 15 is 0 Å². The molecule has 2 aromatic heterocycles. The summed E-state index contributed by atoms with van der Waals surface area (Å²) in [5.74, 6) is 2.60. The molecule has 0 aliphatic carbocycles. The monoisotopic (exact) mass is 275 g/mol. The van der Waals surface area contributed by atoms with Gasteiger partial charge in [-0.05, 0) is 12.8 Å². The molecule has 7 nitrogen and oxygen atoms in total. The van der Waals surface area contributed by atoms with E-state index in [-0.39, 0.29) is 0 Å². The fraction of sp³-hybridized carbons (Fsp3) is 0.538. The van der Waals surface area contributed by atoms with E-state index < -0.39 is 0 Å². The second-order valence-corrected chi connectivity index (χ2v) is 4.80. The Bertz CT molecular complexity index is 537. The van der Waals surface area contributed by atoms with Gasteiger partial charge in [-0.15, -0.1) is 0 Å². The van der Waals surface area contributed by atoms with Crippen LogP contribution in [0, 0.1) is 0 Å². The number of ether oxygens (including phenoxy) is 1. The molecule has 1 saturated heterocycles. The summed E-state index contributed by atoms with van der Waals surface area (Å²) in [5, 5.41) is 4.04. The van der Waals surface area contributed by atoms with Crippen LogP contribution in [0.15, 0.2) is 23.1 Å². The smallest absolute Gasteiger partial charge is 0.252 e. The average molecular weight is 275 g/mol. The summed E-state index contributed by atoms with van der Waals surface area (Å²) in [6.45, 7) is 2.22. The highest BCUT2D eigenvalue weighted by molar-refractivity contribution is 5.35. The van der Waals surface area contributed by atoms with Crippen molar-refractivity contribution in [3.63, 3.8) is 0 Å². The number of aromatic nitrogens is 4. The Labute approximate surface area is 117 Å². The molecule has 0 bridgehead atoms. The van der Waals surface area contributed by atoms with Crippen molar-refractivity contribution in [2.75, 3.05) is 25.1 Å². The third-order valence-electron chi connectivity index (χ3n) is 3.49. The Balaban J connectivity index is 1.60. The molecule has 0 radical (unpaired) electrons. The lowest BCUT2D eigenvalue weighted by atomic mass is 9.96. The van der Waals surface area contributed by atoms with Gasteiger partial charge < -0.3 is 14.2 Å². The van der Waals surface area contributed by atoms with Crippen molar-refractivity contribution in [1.29, 1.82) is 0 Å². The molecule has 7 heteroatoms. The van der Waals surface area contributed by atoms with E-state index in [4.69, 9.17) is 9.26 Å². The first-order valence-electron chi connectivity index (χ1n) is 6.69. The number of nitrogens with zero attached hydrogens (tertiary/aromatic N) is 5. The van der Waals surface area contributed by atoms with Crippen molar-refractivity contribution in [3.05, 3.63) is 30.3 Å². The molecule has 20 heavy (non-hydrogen) atoms. The van der Waals surface area contributed by atoms with Gasteiger partial charge in [0.05, 0.1) is 6.20 Å². The molecule has 3 rings (SSSR count). The minimum absolute atomic E-state index is 0.345. The number of hydrogen-bond acceptors (Lipinski definition) is 7. The Morgan fingerprint density at radius 2 is 2.20 bits per heavy atom. The summed E-state index contributed by atoms with van der Waals surface area (Å²) in [4.78, 5) is 15.0. The molecule has 0 aromatic carbocycles. The molecule has 0 spiro atoms. The molecule has 0 unspecified atom stereocenters. The zero-order chi connectivity index (χ0) is 13.8. The Hall–Kier alpha value is -2.02. The molecule has 1 aliphatic heterocycles. The molecular weight excluding hydrogens is 258 g/mol. The van der Waals surface area contributed by atoms with Gasteiger partial charge in [0, 0.05) is 38.5 Å². The molecule has 3 heterocycles. The van der Waals surface area contributed by atoms with Gasteiger partial charge in [0.25, 0.3) is 5.89 Å². The van der Waals surface area contributed by atoms with Gasteiger partial charge in [-0.25, -0.2) is 4.98 Å². The molecule has 2 aromatic rings. The maximum Gasteiger partial charge on any atom is 0.252 e. The van der Waals surface area contributed by atoms with Crippen molar-refractivity contribution in [1.82, 2.24) is 20.1 Å². The molecule has 1 fully saturated rings. The van der Waals surface area contributed by atoms with E-state index in [1.807, 2.05) is 0 Å². The van der Waals surface area contributed by atoms with Crippen LogP contribution in [0.4, 0.5) is 5.82 Å². The van der Waals surface area contributed by atoms with E-state index in [0.717, 1.165) is 37.6 Å². The first-order chi connectivity index (χ1) is 9.86. The number of anilines is 1. The minimum Gasteiger partial charge on any atom is -0.375 e. The van der Waals surface area contributed by atoms with Crippen LogP contribution in [0.5, 0.6) is 0 Å². The zero-order valence-electron chi connectivity index (χ0n) is 11.4. The fourth-order valence-electron chi connectivity index (χ4n) is 2.44. The van der Waals surface area contributed by atoms with Crippen molar-refractivity contribution in [3.8, 4) is 0 Å². The van der Waals surface area contributed by atoms with Crippen LogP contribution in [0.25, 0.3) is 0 Å².